The van der Waals surface area contributed by atoms with Gasteiger partial charge >= 0.3 is 0 Å². The van der Waals surface area contributed by atoms with E-state index in [4.69, 9.17) is 9.73 Å². The van der Waals surface area contributed by atoms with Gasteiger partial charge in [-0.25, -0.2) is 4.99 Å². The summed E-state index contributed by atoms with van der Waals surface area (Å²) in [5.74, 6) is -0.837. The maximum atomic E-state index is 13.7. The molecule has 1 aliphatic heterocycles. The molecule has 0 amide bonds. The molecule has 0 saturated carbocycles. The first-order valence-corrected chi connectivity index (χ1v) is 11.8. The molecule has 0 fully saturated rings. The van der Waals surface area contributed by atoms with Crippen LogP contribution in [0.1, 0.15) is 58.1 Å². The Labute approximate surface area is 211 Å². The zero-order valence-corrected chi connectivity index (χ0v) is 19.8. The van der Waals surface area contributed by atoms with E-state index in [0.29, 0.717) is 50.5 Å². The van der Waals surface area contributed by atoms with E-state index in [2.05, 4.69) is 5.32 Å². The molecule has 37 heavy (non-hydrogen) atoms. The molecule has 1 heterocycles. The number of rotatable bonds is 1. The summed E-state index contributed by atoms with van der Waals surface area (Å²) in [6.45, 7) is 1.78. The van der Waals surface area contributed by atoms with Gasteiger partial charge in [0.25, 0.3) is 0 Å². The SMILES string of the molecule is COC1=CC2=Nc3c(cc(C)c4c3C(=O)c3ccccc3C4=O)NC2C2=C1C(=O)c1ccccc1C2=O. The van der Waals surface area contributed by atoms with E-state index < -0.39 is 6.04 Å². The van der Waals surface area contributed by atoms with E-state index in [1.165, 1.54) is 7.11 Å². The largest absolute Gasteiger partial charge is 0.496 e. The average Bonchev–Trinajstić information content (AvgIpc) is 2.92. The first-order valence-electron chi connectivity index (χ1n) is 11.8. The second kappa shape index (κ2) is 7.30. The van der Waals surface area contributed by atoms with Gasteiger partial charge in [-0.05, 0) is 18.6 Å². The van der Waals surface area contributed by atoms with E-state index in [9.17, 15) is 19.2 Å². The Morgan fingerprint density at radius 3 is 1.97 bits per heavy atom. The number of anilines is 1. The van der Waals surface area contributed by atoms with Gasteiger partial charge in [-0.2, -0.15) is 0 Å². The molecular weight excluding hydrogens is 468 g/mol. The normalized spacial score (nSPS) is 18.9. The van der Waals surface area contributed by atoms with E-state index in [1.807, 2.05) is 0 Å². The Balaban J connectivity index is 1.45. The second-order valence-corrected chi connectivity index (χ2v) is 9.36. The van der Waals surface area contributed by atoms with Gasteiger partial charge in [0.05, 0.1) is 41.4 Å². The molecule has 3 aliphatic carbocycles. The fourth-order valence-corrected chi connectivity index (χ4v) is 5.74. The highest BCUT2D eigenvalue weighted by atomic mass is 16.5. The zero-order chi connectivity index (χ0) is 25.6. The van der Waals surface area contributed by atoms with Crippen molar-refractivity contribution in [1.82, 2.24) is 0 Å². The molecule has 3 aromatic carbocycles. The summed E-state index contributed by atoms with van der Waals surface area (Å²) < 4.78 is 5.55. The van der Waals surface area contributed by atoms with Gasteiger partial charge in [0.2, 0.25) is 0 Å². The number of nitrogens with one attached hydrogen (secondary N) is 1. The van der Waals surface area contributed by atoms with Gasteiger partial charge in [0.15, 0.2) is 23.1 Å². The van der Waals surface area contributed by atoms with Crippen LogP contribution in [0.4, 0.5) is 11.4 Å². The fourth-order valence-electron chi connectivity index (χ4n) is 5.74. The molecule has 0 spiro atoms. The Hall–Kier alpha value is -4.91. The monoisotopic (exact) mass is 486 g/mol. The molecule has 0 saturated heterocycles. The highest BCUT2D eigenvalue weighted by Gasteiger charge is 2.44. The third-order valence-corrected chi connectivity index (χ3v) is 7.40. The number of carbonyl (C=O) groups excluding carboxylic acids is 4. The van der Waals surface area contributed by atoms with Crippen molar-refractivity contribution >= 4 is 40.2 Å². The number of hydrogen-bond donors (Lipinski definition) is 1. The molecule has 4 aliphatic rings. The Morgan fingerprint density at radius 1 is 0.784 bits per heavy atom. The fraction of sp³-hybridized carbons (Fsp3) is 0.100. The predicted molar refractivity (Wildman–Crippen MR) is 136 cm³/mol. The summed E-state index contributed by atoms with van der Waals surface area (Å²) in [4.78, 5) is 58.9. The maximum Gasteiger partial charge on any atom is 0.198 e. The number of fused-ring (bicyclic) bond motifs is 7. The first-order chi connectivity index (χ1) is 17.9. The Bertz CT molecular complexity index is 1770. The van der Waals surface area contributed by atoms with Gasteiger partial charge in [-0.1, -0.05) is 48.5 Å². The van der Waals surface area contributed by atoms with Crippen LogP contribution in [0.3, 0.4) is 0 Å². The minimum absolute atomic E-state index is 0.209. The number of nitrogens with zero attached hydrogens (tertiary/aromatic N) is 1. The number of Topliss-reactive ketones (excluding diaryl/α,β-unsaturated/α-hetero) is 2. The second-order valence-electron chi connectivity index (χ2n) is 9.36. The number of ether oxygens (including phenoxy) is 1. The number of ketones is 4. The van der Waals surface area contributed by atoms with Crippen molar-refractivity contribution in [2.24, 2.45) is 4.99 Å². The molecule has 7 heteroatoms. The number of aliphatic imine (C=N–C) groups is 1. The minimum Gasteiger partial charge on any atom is -0.496 e. The molecule has 7 nitrogen and oxygen atoms in total. The highest BCUT2D eigenvalue weighted by molar-refractivity contribution is 6.34. The molecule has 178 valence electrons. The van der Waals surface area contributed by atoms with E-state index in [1.54, 1.807) is 67.6 Å². The quantitative estimate of drug-likeness (QED) is 0.423. The molecule has 7 rings (SSSR count). The molecule has 1 N–H and O–H groups in total. The maximum absolute atomic E-state index is 13.7. The van der Waals surface area contributed by atoms with Gasteiger partial charge < -0.3 is 10.1 Å². The molecule has 1 unspecified atom stereocenters. The van der Waals surface area contributed by atoms with Crippen LogP contribution in [0.15, 0.2) is 82.6 Å². The zero-order valence-electron chi connectivity index (χ0n) is 19.8. The summed E-state index contributed by atoms with van der Waals surface area (Å²) in [6.07, 6.45) is 1.62. The summed E-state index contributed by atoms with van der Waals surface area (Å²) >= 11 is 0. The van der Waals surface area contributed by atoms with Crippen molar-refractivity contribution < 1.29 is 23.9 Å². The summed E-state index contributed by atoms with van der Waals surface area (Å²) in [6, 6.07) is 14.5. The smallest absolute Gasteiger partial charge is 0.198 e. The number of hydrogen-bond acceptors (Lipinski definition) is 7. The molecule has 0 bridgehead atoms. The molecule has 0 radical (unpaired) electrons. The topological polar surface area (TPSA) is 102 Å². The van der Waals surface area contributed by atoms with Gasteiger partial charge in [0, 0.05) is 39.5 Å². The lowest BCUT2D eigenvalue weighted by atomic mass is 9.75. The van der Waals surface area contributed by atoms with E-state index in [-0.39, 0.29) is 45.6 Å². The molecule has 1 atom stereocenters. The lowest BCUT2D eigenvalue weighted by Gasteiger charge is -2.35. The summed E-state index contributed by atoms with van der Waals surface area (Å²) in [5.41, 5.74) is 4.31. The summed E-state index contributed by atoms with van der Waals surface area (Å²) in [7, 11) is 1.43. The van der Waals surface area contributed by atoms with Crippen LogP contribution in [-0.2, 0) is 4.74 Å². The Kier molecular flexibility index (Phi) is 4.22. The minimum atomic E-state index is -0.717. The lowest BCUT2D eigenvalue weighted by Crippen LogP contribution is -2.43. The van der Waals surface area contributed by atoms with Crippen LogP contribution < -0.4 is 5.32 Å². The van der Waals surface area contributed by atoms with Gasteiger partial charge in [-0.3, -0.25) is 19.2 Å². The van der Waals surface area contributed by atoms with Crippen LogP contribution in [0.2, 0.25) is 0 Å². The van der Waals surface area contributed by atoms with Crippen molar-refractivity contribution in [3.05, 3.63) is 117 Å². The number of aryl methyl sites for hydroxylation is 1. The number of allylic oxidation sites excluding steroid dienone is 1. The van der Waals surface area contributed by atoms with Crippen LogP contribution in [0.5, 0.6) is 0 Å². The molecular formula is C30H18N2O5. The van der Waals surface area contributed by atoms with Gasteiger partial charge in [-0.15, -0.1) is 0 Å². The van der Waals surface area contributed by atoms with Crippen LogP contribution in [0, 0.1) is 6.92 Å². The van der Waals surface area contributed by atoms with Crippen LogP contribution in [-0.4, -0.2) is 42.0 Å². The third-order valence-electron chi connectivity index (χ3n) is 7.40. The number of carbonyl (C=O) groups is 4. The van der Waals surface area contributed by atoms with Gasteiger partial charge in [0.1, 0.15) is 5.76 Å². The summed E-state index contributed by atoms with van der Waals surface area (Å²) in [5, 5.41) is 3.35. The average molecular weight is 486 g/mol. The molecule has 0 aromatic heterocycles. The van der Waals surface area contributed by atoms with Crippen LogP contribution >= 0.6 is 0 Å². The van der Waals surface area contributed by atoms with E-state index >= 15 is 0 Å². The van der Waals surface area contributed by atoms with Crippen LogP contribution in [0.25, 0.3) is 0 Å². The van der Waals surface area contributed by atoms with Crippen molar-refractivity contribution in [3.8, 4) is 0 Å². The predicted octanol–water partition coefficient (Wildman–Crippen LogP) is 4.56. The van der Waals surface area contributed by atoms with Crippen molar-refractivity contribution in [3.63, 3.8) is 0 Å². The third kappa shape index (κ3) is 2.68. The highest BCUT2D eigenvalue weighted by Crippen LogP contribution is 2.45. The first kappa shape index (κ1) is 21.4. The van der Waals surface area contributed by atoms with Crippen molar-refractivity contribution in [1.29, 1.82) is 0 Å². The molecule has 3 aromatic rings. The lowest BCUT2D eigenvalue weighted by molar-refractivity contribution is 0.0965. The van der Waals surface area contributed by atoms with Crippen molar-refractivity contribution in [2.45, 2.75) is 13.0 Å². The van der Waals surface area contributed by atoms with Crippen molar-refractivity contribution in [2.75, 3.05) is 12.4 Å². The Morgan fingerprint density at radius 2 is 1.35 bits per heavy atom. The number of benzene rings is 3. The standard InChI is InChI=1S/C30H18N2O5/c1-13-11-18-25(23-21(13)27(33)14-7-3-5-9-16(14)29(23)35)32-19-12-20(37-2)22-24(26(19)31-18)30(36)17-10-6-4-8-15(17)28(22)34/h3-12,26,31H,1-2H3. The van der Waals surface area contributed by atoms with E-state index in [0.717, 1.165) is 0 Å². The number of methoxy groups -OCH3 is 1.